The number of nitrogens with zero attached hydrogens (tertiary/aromatic N) is 1. The highest BCUT2D eigenvalue weighted by Crippen LogP contribution is 2.28. The third kappa shape index (κ3) is 4.25. The number of halogens is 2. The van der Waals surface area contributed by atoms with Crippen LogP contribution in [-0.2, 0) is 0 Å². The van der Waals surface area contributed by atoms with Crippen LogP contribution in [0.15, 0.2) is 60.8 Å². The first-order chi connectivity index (χ1) is 12.6. The van der Waals surface area contributed by atoms with Gasteiger partial charge in [0.15, 0.2) is 0 Å². The van der Waals surface area contributed by atoms with Gasteiger partial charge in [-0.3, -0.25) is 4.79 Å². The number of para-hydroxylation sites is 2. The third-order valence-corrected chi connectivity index (χ3v) is 4.12. The third-order valence-electron chi connectivity index (χ3n) is 3.57. The van der Waals surface area contributed by atoms with E-state index in [0.29, 0.717) is 38.6 Å². The SMILES string of the molecule is COc1ccccc1NC(=O)c1ccnc(Nc2ccc(Cl)cc2Cl)c1. The molecule has 0 aliphatic rings. The van der Waals surface area contributed by atoms with Gasteiger partial charge in [0, 0.05) is 16.8 Å². The Bertz CT molecular complexity index is 948. The van der Waals surface area contributed by atoms with Crippen molar-refractivity contribution in [2.24, 2.45) is 0 Å². The van der Waals surface area contributed by atoms with E-state index in [0.717, 1.165) is 0 Å². The Kier molecular flexibility index (Phi) is 5.61. The number of anilines is 3. The second-order valence-corrected chi connectivity index (χ2v) is 6.18. The van der Waals surface area contributed by atoms with E-state index in [4.69, 9.17) is 27.9 Å². The molecule has 0 radical (unpaired) electrons. The van der Waals surface area contributed by atoms with E-state index in [1.54, 1.807) is 55.8 Å². The van der Waals surface area contributed by atoms with Gasteiger partial charge in [0.2, 0.25) is 0 Å². The van der Waals surface area contributed by atoms with Crippen LogP contribution in [0.3, 0.4) is 0 Å². The van der Waals surface area contributed by atoms with Crippen molar-refractivity contribution in [2.45, 2.75) is 0 Å². The van der Waals surface area contributed by atoms with Crippen molar-refractivity contribution in [1.82, 2.24) is 4.98 Å². The molecule has 0 aliphatic heterocycles. The summed E-state index contributed by atoms with van der Waals surface area (Å²) in [4.78, 5) is 16.7. The lowest BCUT2D eigenvalue weighted by Gasteiger charge is -2.11. The molecule has 1 heterocycles. The topological polar surface area (TPSA) is 63.2 Å². The van der Waals surface area contributed by atoms with E-state index in [1.807, 2.05) is 12.1 Å². The molecule has 3 aromatic rings. The number of benzene rings is 2. The first-order valence-electron chi connectivity index (χ1n) is 7.69. The Morgan fingerprint density at radius 3 is 2.62 bits per heavy atom. The van der Waals surface area contributed by atoms with Gasteiger partial charge in [-0.1, -0.05) is 35.3 Å². The van der Waals surface area contributed by atoms with Crippen LogP contribution >= 0.6 is 23.2 Å². The fourth-order valence-electron chi connectivity index (χ4n) is 2.31. The molecule has 0 fully saturated rings. The average molecular weight is 388 g/mol. The van der Waals surface area contributed by atoms with Gasteiger partial charge in [-0.2, -0.15) is 0 Å². The normalized spacial score (nSPS) is 10.3. The van der Waals surface area contributed by atoms with E-state index in [2.05, 4.69) is 15.6 Å². The molecule has 1 amide bonds. The van der Waals surface area contributed by atoms with Gasteiger partial charge < -0.3 is 15.4 Å². The maximum atomic E-state index is 12.5. The zero-order valence-electron chi connectivity index (χ0n) is 13.8. The standard InChI is InChI=1S/C19H15Cl2N3O2/c1-26-17-5-3-2-4-16(17)24-19(25)12-8-9-22-18(10-12)23-15-7-6-13(20)11-14(15)21/h2-11H,1H3,(H,22,23)(H,24,25). The summed E-state index contributed by atoms with van der Waals surface area (Å²) < 4.78 is 5.24. The molecule has 5 nitrogen and oxygen atoms in total. The second kappa shape index (κ2) is 8.08. The Balaban J connectivity index is 1.79. The van der Waals surface area contributed by atoms with E-state index in [1.165, 1.54) is 0 Å². The number of pyridine rings is 1. The molecule has 2 aromatic carbocycles. The molecule has 0 unspecified atom stereocenters. The molecule has 0 spiro atoms. The molecule has 2 N–H and O–H groups in total. The van der Waals surface area contributed by atoms with Crippen molar-refractivity contribution in [1.29, 1.82) is 0 Å². The molecule has 0 aliphatic carbocycles. The Morgan fingerprint density at radius 1 is 1.04 bits per heavy atom. The molecule has 7 heteroatoms. The van der Waals surface area contributed by atoms with Gasteiger partial charge >= 0.3 is 0 Å². The summed E-state index contributed by atoms with van der Waals surface area (Å²) in [5, 5.41) is 6.90. The van der Waals surface area contributed by atoms with Crippen molar-refractivity contribution >= 4 is 46.3 Å². The van der Waals surface area contributed by atoms with Crippen molar-refractivity contribution in [3.8, 4) is 5.75 Å². The number of nitrogens with one attached hydrogen (secondary N) is 2. The summed E-state index contributed by atoms with van der Waals surface area (Å²) in [6.07, 6.45) is 1.54. The molecule has 26 heavy (non-hydrogen) atoms. The number of aromatic nitrogens is 1. The Morgan fingerprint density at radius 2 is 1.85 bits per heavy atom. The molecule has 0 atom stereocenters. The number of hydrogen-bond donors (Lipinski definition) is 2. The van der Waals surface area contributed by atoms with Crippen LogP contribution in [0.4, 0.5) is 17.2 Å². The van der Waals surface area contributed by atoms with Crippen LogP contribution in [0.5, 0.6) is 5.75 Å². The van der Waals surface area contributed by atoms with Crippen molar-refractivity contribution in [2.75, 3.05) is 17.7 Å². The number of methoxy groups -OCH3 is 1. The summed E-state index contributed by atoms with van der Waals surface area (Å²) in [5.41, 5.74) is 1.68. The summed E-state index contributed by atoms with van der Waals surface area (Å²) in [7, 11) is 1.55. The van der Waals surface area contributed by atoms with Gasteiger partial charge in [-0.05, 0) is 42.5 Å². The monoisotopic (exact) mass is 387 g/mol. The molecular weight excluding hydrogens is 373 g/mol. The minimum atomic E-state index is -0.276. The molecule has 3 rings (SSSR count). The quantitative estimate of drug-likeness (QED) is 0.615. The number of carbonyl (C=O) groups is 1. The first kappa shape index (κ1) is 18.0. The predicted octanol–water partition coefficient (Wildman–Crippen LogP) is 5.39. The van der Waals surface area contributed by atoms with E-state index >= 15 is 0 Å². The van der Waals surface area contributed by atoms with Gasteiger partial charge in [-0.15, -0.1) is 0 Å². The highest BCUT2D eigenvalue weighted by Gasteiger charge is 2.11. The lowest BCUT2D eigenvalue weighted by atomic mass is 10.2. The van der Waals surface area contributed by atoms with Crippen molar-refractivity contribution in [3.63, 3.8) is 0 Å². The van der Waals surface area contributed by atoms with Gasteiger partial charge in [-0.25, -0.2) is 4.98 Å². The zero-order chi connectivity index (χ0) is 18.5. The Labute approximate surface area is 160 Å². The number of carbonyl (C=O) groups excluding carboxylic acids is 1. The van der Waals surface area contributed by atoms with Gasteiger partial charge in [0.25, 0.3) is 5.91 Å². The summed E-state index contributed by atoms with van der Waals surface area (Å²) in [6, 6.07) is 15.5. The summed E-state index contributed by atoms with van der Waals surface area (Å²) in [6.45, 7) is 0. The lowest BCUT2D eigenvalue weighted by Crippen LogP contribution is -2.13. The van der Waals surface area contributed by atoms with Crippen LogP contribution in [0, 0.1) is 0 Å². The molecule has 0 saturated carbocycles. The van der Waals surface area contributed by atoms with E-state index in [-0.39, 0.29) is 5.91 Å². The largest absolute Gasteiger partial charge is 0.495 e. The fraction of sp³-hybridized carbons (Fsp3) is 0.0526. The minimum absolute atomic E-state index is 0.276. The number of hydrogen-bond acceptors (Lipinski definition) is 4. The number of rotatable bonds is 5. The molecular formula is C19H15Cl2N3O2. The fourth-order valence-corrected chi connectivity index (χ4v) is 2.77. The van der Waals surface area contributed by atoms with E-state index < -0.39 is 0 Å². The number of ether oxygens (including phenoxy) is 1. The van der Waals surface area contributed by atoms with Crippen molar-refractivity contribution < 1.29 is 9.53 Å². The smallest absolute Gasteiger partial charge is 0.255 e. The molecule has 132 valence electrons. The minimum Gasteiger partial charge on any atom is -0.495 e. The van der Waals surface area contributed by atoms with Crippen LogP contribution < -0.4 is 15.4 Å². The average Bonchev–Trinajstić information content (AvgIpc) is 2.65. The van der Waals surface area contributed by atoms with Crippen molar-refractivity contribution in [3.05, 3.63) is 76.4 Å². The molecule has 1 aromatic heterocycles. The second-order valence-electron chi connectivity index (χ2n) is 5.33. The van der Waals surface area contributed by atoms with Crippen LogP contribution in [-0.4, -0.2) is 18.0 Å². The summed E-state index contributed by atoms with van der Waals surface area (Å²) in [5.74, 6) is 0.797. The highest BCUT2D eigenvalue weighted by atomic mass is 35.5. The van der Waals surface area contributed by atoms with Gasteiger partial charge in [0.1, 0.15) is 11.6 Å². The molecule has 0 bridgehead atoms. The van der Waals surface area contributed by atoms with E-state index in [9.17, 15) is 4.79 Å². The first-order valence-corrected chi connectivity index (χ1v) is 8.45. The Hall–Kier alpha value is -2.76. The predicted molar refractivity (Wildman–Crippen MR) is 105 cm³/mol. The highest BCUT2D eigenvalue weighted by molar-refractivity contribution is 6.36. The number of amides is 1. The van der Waals surface area contributed by atoms with Gasteiger partial charge in [0.05, 0.1) is 23.5 Å². The van der Waals surface area contributed by atoms with Crippen LogP contribution in [0.2, 0.25) is 10.0 Å². The lowest BCUT2D eigenvalue weighted by molar-refractivity contribution is 0.102. The molecule has 0 saturated heterocycles. The zero-order valence-corrected chi connectivity index (χ0v) is 15.3. The van der Waals surface area contributed by atoms with Crippen LogP contribution in [0.1, 0.15) is 10.4 Å². The maximum Gasteiger partial charge on any atom is 0.255 e. The van der Waals surface area contributed by atoms with Crippen LogP contribution in [0.25, 0.3) is 0 Å². The summed E-state index contributed by atoms with van der Waals surface area (Å²) >= 11 is 12.1. The maximum absolute atomic E-state index is 12.5.